The van der Waals surface area contributed by atoms with Crippen LogP contribution < -0.4 is 25.8 Å². The van der Waals surface area contributed by atoms with Crippen LogP contribution >= 0.6 is 23.2 Å². The molecule has 1 unspecified atom stereocenters. The Hall–Kier alpha value is -3.76. The minimum Gasteiger partial charge on any atom is -0.496 e. The Morgan fingerprint density at radius 3 is 2.26 bits per heavy atom. The molecule has 1 amide bonds. The molecule has 4 N–H and O–H groups in total. The maximum atomic E-state index is 12.7. The predicted octanol–water partition coefficient (Wildman–Crippen LogP) is 3.13. The first kappa shape index (κ1) is 25.9. The number of carboxylic acids is 1. The molecule has 0 fully saturated rings. The van der Waals surface area contributed by atoms with Crippen LogP contribution in [0, 0.1) is 0 Å². The maximum absolute atomic E-state index is 12.7. The molecule has 0 bridgehead atoms. The number of aromatic nitrogens is 2. The van der Waals surface area contributed by atoms with Gasteiger partial charge in [-0.05, 0) is 24.3 Å². The molecule has 0 saturated heterocycles. The lowest BCUT2D eigenvalue weighted by molar-refractivity contribution is -0.139. The predicted molar refractivity (Wildman–Crippen MR) is 131 cm³/mol. The summed E-state index contributed by atoms with van der Waals surface area (Å²) in [6.07, 6.45) is 1.05. The molecule has 1 heterocycles. The Bertz CT molecular complexity index is 1250. The first-order valence-corrected chi connectivity index (χ1v) is 11.0. The van der Waals surface area contributed by atoms with Crippen molar-refractivity contribution in [3.63, 3.8) is 0 Å². The van der Waals surface area contributed by atoms with Crippen molar-refractivity contribution >= 4 is 40.9 Å². The SMILES string of the molecule is COc1cccc(OC)c1CNc1[nH]c(=O)ncc1CC(NC(=O)c1c(Cl)cccc1Cl)C(=O)O. The third-order valence-electron chi connectivity index (χ3n) is 5.08. The number of rotatable bonds is 10. The van der Waals surface area contributed by atoms with Gasteiger partial charge in [-0.1, -0.05) is 35.3 Å². The minimum absolute atomic E-state index is 0.0386. The molecule has 0 saturated carbocycles. The van der Waals surface area contributed by atoms with Gasteiger partial charge < -0.3 is 25.2 Å². The van der Waals surface area contributed by atoms with Crippen LogP contribution in [-0.2, 0) is 17.8 Å². The first-order chi connectivity index (χ1) is 16.7. The van der Waals surface area contributed by atoms with Gasteiger partial charge in [0, 0.05) is 24.7 Å². The van der Waals surface area contributed by atoms with E-state index in [0.717, 1.165) is 0 Å². The normalized spacial score (nSPS) is 11.4. The molecular weight excluding hydrogens is 499 g/mol. The van der Waals surface area contributed by atoms with Gasteiger partial charge in [-0.25, -0.2) is 14.6 Å². The number of carbonyl (C=O) groups excluding carboxylic acids is 1. The van der Waals surface area contributed by atoms with E-state index in [1.54, 1.807) is 24.3 Å². The number of carboxylic acid groups (broad SMARTS) is 1. The van der Waals surface area contributed by atoms with Gasteiger partial charge in [0.1, 0.15) is 23.4 Å². The number of hydrogen-bond acceptors (Lipinski definition) is 7. The van der Waals surface area contributed by atoms with Crippen LogP contribution in [0.25, 0.3) is 0 Å². The molecule has 3 rings (SSSR count). The molecule has 0 spiro atoms. The Balaban J connectivity index is 1.85. The summed E-state index contributed by atoms with van der Waals surface area (Å²) in [6, 6.07) is 8.42. The van der Waals surface area contributed by atoms with Crippen LogP contribution in [0.4, 0.5) is 5.82 Å². The second-order valence-corrected chi connectivity index (χ2v) is 8.06. The zero-order valence-electron chi connectivity index (χ0n) is 18.7. The van der Waals surface area contributed by atoms with Crippen molar-refractivity contribution in [3.8, 4) is 11.5 Å². The molecule has 0 aliphatic rings. The molecule has 10 nitrogen and oxygen atoms in total. The van der Waals surface area contributed by atoms with Gasteiger partial charge in [0.25, 0.3) is 5.91 Å². The van der Waals surface area contributed by atoms with Crippen LogP contribution in [0.2, 0.25) is 10.0 Å². The second kappa shape index (κ2) is 11.6. The van der Waals surface area contributed by atoms with Crippen LogP contribution in [-0.4, -0.2) is 47.2 Å². The van der Waals surface area contributed by atoms with E-state index in [4.69, 9.17) is 32.7 Å². The van der Waals surface area contributed by atoms with Crippen molar-refractivity contribution in [1.29, 1.82) is 0 Å². The molecule has 0 radical (unpaired) electrons. The van der Waals surface area contributed by atoms with Gasteiger partial charge >= 0.3 is 11.7 Å². The largest absolute Gasteiger partial charge is 0.496 e. The lowest BCUT2D eigenvalue weighted by Crippen LogP contribution is -2.42. The van der Waals surface area contributed by atoms with Crippen molar-refractivity contribution in [1.82, 2.24) is 15.3 Å². The van der Waals surface area contributed by atoms with Crippen LogP contribution in [0.5, 0.6) is 11.5 Å². The fraction of sp³-hybridized carbons (Fsp3) is 0.217. The van der Waals surface area contributed by atoms with E-state index in [2.05, 4.69) is 20.6 Å². The monoisotopic (exact) mass is 520 g/mol. The van der Waals surface area contributed by atoms with Crippen LogP contribution in [0.1, 0.15) is 21.5 Å². The highest BCUT2D eigenvalue weighted by molar-refractivity contribution is 6.39. The van der Waals surface area contributed by atoms with Gasteiger partial charge in [-0.15, -0.1) is 0 Å². The average molecular weight is 521 g/mol. The molecule has 35 heavy (non-hydrogen) atoms. The van der Waals surface area contributed by atoms with Crippen molar-refractivity contribution in [2.24, 2.45) is 0 Å². The zero-order valence-corrected chi connectivity index (χ0v) is 20.2. The number of methoxy groups -OCH3 is 2. The number of halogens is 2. The highest BCUT2D eigenvalue weighted by Gasteiger charge is 2.25. The van der Waals surface area contributed by atoms with Crippen molar-refractivity contribution in [2.75, 3.05) is 19.5 Å². The van der Waals surface area contributed by atoms with Crippen molar-refractivity contribution in [3.05, 3.63) is 79.8 Å². The number of H-pyrrole nitrogens is 1. The standard InChI is InChI=1S/C23H22Cl2N4O6/c1-34-17-7-4-8-18(35-2)13(17)11-26-20-12(10-27-23(33)29-20)9-16(22(31)32)28-21(30)19-14(24)5-3-6-15(19)25/h3-8,10,16H,9,11H2,1-2H3,(H,28,30)(H,31,32)(H2,26,27,29,33). The molecule has 12 heteroatoms. The number of carbonyl (C=O) groups is 2. The van der Waals surface area contributed by atoms with E-state index in [0.29, 0.717) is 22.6 Å². The van der Waals surface area contributed by atoms with Gasteiger partial charge in [0.05, 0.1) is 35.4 Å². The van der Waals surface area contributed by atoms with Gasteiger partial charge in [-0.3, -0.25) is 9.78 Å². The highest BCUT2D eigenvalue weighted by atomic mass is 35.5. The van der Waals surface area contributed by atoms with E-state index in [1.165, 1.54) is 32.5 Å². The summed E-state index contributed by atoms with van der Waals surface area (Å²) in [5, 5.41) is 15.4. The number of amides is 1. The number of benzene rings is 2. The maximum Gasteiger partial charge on any atom is 0.346 e. The number of aliphatic carboxylic acids is 1. The summed E-state index contributed by atoms with van der Waals surface area (Å²) >= 11 is 12.1. The Labute approximate surface area is 210 Å². The summed E-state index contributed by atoms with van der Waals surface area (Å²) in [5.41, 5.74) is 0.347. The van der Waals surface area contributed by atoms with Crippen molar-refractivity contribution < 1.29 is 24.2 Å². The quantitative estimate of drug-likeness (QED) is 0.319. The lowest BCUT2D eigenvalue weighted by Gasteiger charge is -2.18. The van der Waals surface area contributed by atoms with Gasteiger partial charge in [0.15, 0.2) is 0 Å². The number of nitrogens with zero attached hydrogens (tertiary/aromatic N) is 1. The number of aromatic amines is 1. The Morgan fingerprint density at radius 2 is 1.69 bits per heavy atom. The summed E-state index contributed by atoms with van der Waals surface area (Å²) in [7, 11) is 3.03. The van der Waals surface area contributed by atoms with E-state index in [-0.39, 0.29) is 34.4 Å². The van der Waals surface area contributed by atoms with E-state index in [9.17, 15) is 19.5 Å². The number of hydrogen-bond donors (Lipinski definition) is 4. The molecular formula is C23H22Cl2N4O6. The molecule has 0 aliphatic heterocycles. The molecule has 3 aromatic rings. The summed E-state index contributed by atoms with van der Waals surface area (Å²) in [5.74, 6) is -0.706. The fourth-order valence-electron chi connectivity index (χ4n) is 3.38. The second-order valence-electron chi connectivity index (χ2n) is 7.25. The lowest BCUT2D eigenvalue weighted by atomic mass is 10.1. The molecule has 0 aliphatic carbocycles. The molecule has 184 valence electrons. The number of anilines is 1. The molecule has 1 atom stereocenters. The topological polar surface area (TPSA) is 143 Å². The third-order valence-corrected chi connectivity index (χ3v) is 5.71. The Morgan fingerprint density at radius 1 is 1.09 bits per heavy atom. The zero-order chi connectivity index (χ0) is 25.5. The van der Waals surface area contributed by atoms with Crippen molar-refractivity contribution in [2.45, 2.75) is 19.0 Å². The summed E-state index contributed by atoms with van der Waals surface area (Å²) in [4.78, 5) is 42.8. The van der Waals surface area contributed by atoms with Crippen LogP contribution in [0.3, 0.4) is 0 Å². The highest BCUT2D eigenvalue weighted by Crippen LogP contribution is 2.29. The molecule has 2 aromatic carbocycles. The summed E-state index contributed by atoms with van der Waals surface area (Å²) < 4.78 is 10.8. The van der Waals surface area contributed by atoms with Crippen LogP contribution in [0.15, 0.2) is 47.4 Å². The molecule has 1 aromatic heterocycles. The van der Waals surface area contributed by atoms with Gasteiger partial charge in [-0.2, -0.15) is 0 Å². The van der Waals surface area contributed by atoms with Gasteiger partial charge in [0.2, 0.25) is 0 Å². The number of ether oxygens (including phenoxy) is 2. The van der Waals surface area contributed by atoms with E-state index >= 15 is 0 Å². The smallest absolute Gasteiger partial charge is 0.346 e. The average Bonchev–Trinajstić information content (AvgIpc) is 2.83. The van der Waals surface area contributed by atoms with E-state index < -0.39 is 23.6 Å². The number of nitrogens with one attached hydrogen (secondary N) is 3. The Kier molecular flexibility index (Phi) is 8.56. The third kappa shape index (κ3) is 6.23. The summed E-state index contributed by atoms with van der Waals surface area (Å²) in [6.45, 7) is 0.180. The van der Waals surface area contributed by atoms with E-state index in [1.807, 2.05) is 0 Å². The first-order valence-electron chi connectivity index (χ1n) is 10.2. The fourth-order valence-corrected chi connectivity index (χ4v) is 3.95. The minimum atomic E-state index is -1.37.